The maximum Gasteiger partial charge on any atom is 0.169 e. The highest BCUT2D eigenvalue weighted by molar-refractivity contribution is 9.10. The highest BCUT2D eigenvalue weighted by atomic mass is 79.9. The smallest absolute Gasteiger partial charge is 0.169 e. The van der Waals surface area contributed by atoms with E-state index < -0.39 is 0 Å². The molecule has 0 saturated heterocycles. The summed E-state index contributed by atoms with van der Waals surface area (Å²) in [5, 5.41) is 7.88. The molecule has 0 saturated carbocycles. The third kappa shape index (κ3) is 3.03. The quantitative estimate of drug-likeness (QED) is 0.922. The Labute approximate surface area is 115 Å². The van der Waals surface area contributed by atoms with Gasteiger partial charge < -0.3 is 9.73 Å². The molecule has 2 rings (SSSR count). The van der Waals surface area contributed by atoms with Crippen molar-refractivity contribution in [2.45, 2.75) is 32.9 Å². The monoisotopic (exact) mass is 311 g/mol. The molecule has 1 N–H and O–H groups in total. The van der Waals surface area contributed by atoms with Gasteiger partial charge in [0.05, 0.1) is 11.7 Å². The van der Waals surface area contributed by atoms with E-state index in [1.54, 1.807) is 0 Å². The second-order valence-corrected chi connectivity index (χ2v) is 5.15. The second-order valence-electron chi connectivity index (χ2n) is 4.37. The molecule has 5 heteroatoms. The van der Waals surface area contributed by atoms with Gasteiger partial charge in [-0.1, -0.05) is 6.92 Å². The van der Waals surface area contributed by atoms with Crippen molar-refractivity contribution in [2.75, 3.05) is 0 Å². The molecular weight excluding hydrogens is 294 g/mol. The molecule has 0 fully saturated rings. The highest BCUT2D eigenvalue weighted by Gasteiger charge is 2.11. The lowest BCUT2D eigenvalue weighted by molar-refractivity contribution is 0.417. The maximum atomic E-state index is 5.53. The Kier molecular flexibility index (Phi) is 4.24. The number of nitrogens with zero attached hydrogens (tertiary/aromatic N) is 2. The van der Waals surface area contributed by atoms with Gasteiger partial charge in [-0.3, -0.25) is 4.68 Å². The highest BCUT2D eigenvalue weighted by Crippen LogP contribution is 2.20. The lowest BCUT2D eigenvalue weighted by Gasteiger charge is -2.10. The van der Waals surface area contributed by atoms with Crippen LogP contribution in [0.15, 0.2) is 27.4 Å². The third-order valence-electron chi connectivity index (χ3n) is 2.95. The molecule has 4 nitrogen and oxygen atoms in total. The third-order valence-corrected chi connectivity index (χ3v) is 3.37. The predicted molar refractivity (Wildman–Crippen MR) is 74.2 cm³/mol. The summed E-state index contributed by atoms with van der Waals surface area (Å²) < 4.78 is 8.16. The van der Waals surface area contributed by atoms with Crippen LogP contribution in [0.2, 0.25) is 0 Å². The fraction of sp³-hybridized carbons (Fsp3) is 0.462. The summed E-state index contributed by atoms with van der Waals surface area (Å²) in [6, 6.07) is 4.07. The Bertz CT molecular complexity index is 518. The van der Waals surface area contributed by atoms with Crippen molar-refractivity contribution in [3.8, 4) is 0 Å². The lowest BCUT2D eigenvalue weighted by Crippen LogP contribution is -2.18. The average molecular weight is 312 g/mol. The summed E-state index contributed by atoms with van der Waals surface area (Å²) in [7, 11) is 1.95. The molecule has 98 valence electrons. The molecule has 2 aromatic heterocycles. The van der Waals surface area contributed by atoms with E-state index in [9.17, 15) is 0 Å². The largest absolute Gasteiger partial charge is 0.453 e. The van der Waals surface area contributed by atoms with Crippen molar-refractivity contribution in [1.29, 1.82) is 0 Å². The molecule has 0 spiro atoms. The zero-order valence-electron chi connectivity index (χ0n) is 10.9. The van der Waals surface area contributed by atoms with Gasteiger partial charge >= 0.3 is 0 Å². The summed E-state index contributed by atoms with van der Waals surface area (Å²) in [6.07, 6.45) is 3.02. The summed E-state index contributed by atoms with van der Waals surface area (Å²) in [5.41, 5.74) is 2.40. The molecule has 0 bridgehead atoms. The number of aryl methyl sites for hydroxylation is 2. The van der Waals surface area contributed by atoms with Gasteiger partial charge in [-0.25, -0.2) is 0 Å². The molecule has 1 unspecified atom stereocenters. The van der Waals surface area contributed by atoms with Gasteiger partial charge in [-0.2, -0.15) is 5.10 Å². The minimum absolute atomic E-state index is 0.182. The Morgan fingerprint density at radius 1 is 1.50 bits per heavy atom. The van der Waals surface area contributed by atoms with Gasteiger partial charge in [0.2, 0.25) is 0 Å². The van der Waals surface area contributed by atoms with Crippen LogP contribution >= 0.6 is 15.9 Å². The molecular formula is C13H18BrN3O. The first-order valence-corrected chi connectivity index (χ1v) is 6.89. The Morgan fingerprint density at radius 3 is 2.89 bits per heavy atom. The van der Waals surface area contributed by atoms with Gasteiger partial charge in [0.25, 0.3) is 0 Å². The van der Waals surface area contributed by atoms with Crippen LogP contribution < -0.4 is 5.32 Å². The minimum atomic E-state index is 0.182. The normalized spacial score (nSPS) is 12.9. The van der Waals surface area contributed by atoms with Crippen LogP contribution in [0.25, 0.3) is 0 Å². The first-order chi connectivity index (χ1) is 8.60. The Balaban J connectivity index is 1.98. The molecule has 0 aliphatic carbocycles. The van der Waals surface area contributed by atoms with E-state index in [4.69, 9.17) is 4.42 Å². The molecule has 0 aromatic carbocycles. The molecule has 0 aliphatic rings. The fourth-order valence-electron chi connectivity index (χ4n) is 1.95. The van der Waals surface area contributed by atoms with Crippen molar-refractivity contribution in [3.05, 3.63) is 40.0 Å². The lowest BCUT2D eigenvalue weighted by atomic mass is 10.2. The van der Waals surface area contributed by atoms with Gasteiger partial charge in [-0.05, 0) is 41.4 Å². The summed E-state index contributed by atoms with van der Waals surface area (Å²) >= 11 is 3.31. The van der Waals surface area contributed by atoms with E-state index in [2.05, 4.69) is 46.4 Å². The summed E-state index contributed by atoms with van der Waals surface area (Å²) in [5.74, 6) is 0.934. The molecule has 2 aromatic rings. The zero-order valence-corrected chi connectivity index (χ0v) is 12.5. The van der Waals surface area contributed by atoms with E-state index in [1.807, 2.05) is 23.9 Å². The minimum Gasteiger partial charge on any atom is -0.453 e. The second kappa shape index (κ2) is 5.71. The van der Waals surface area contributed by atoms with E-state index >= 15 is 0 Å². The van der Waals surface area contributed by atoms with Crippen LogP contribution in [0, 0.1) is 0 Å². The standard InChI is InChI=1S/C13H18BrN3O/c1-4-11-10(8-17(3)16-11)7-15-9(2)12-5-6-13(14)18-12/h5-6,8-9,15H,4,7H2,1-3H3. The number of aromatic nitrogens is 2. The SMILES string of the molecule is CCc1nn(C)cc1CNC(C)c1ccc(Br)o1. The van der Waals surface area contributed by atoms with Gasteiger partial charge in [0.1, 0.15) is 5.76 Å². The fourth-order valence-corrected chi connectivity index (χ4v) is 2.27. The van der Waals surface area contributed by atoms with Crippen LogP contribution in [0.4, 0.5) is 0 Å². The Hall–Kier alpha value is -1.07. The topological polar surface area (TPSA) is 43.0 Å². The van der Waals surface area contributed by atoms with Crippen molar-refractivity contribution in [1.82, 2.24) is 15.1 Å². The van der Waals surface area contributed by atoms with E-state index in [-0.39, 0.29) is 6.04 Å². The molecule has 0 amide bonds. The Morgan fingerprint density at radius 2 is 2.28 bits per heavy atom. The van der Waals surface area contributed by atoms with Gasteiger partial charge in [-0.15, -0.1) is 0 Å². The number of halogens is 1. The van der Waals surface area contributed by atoms with E-state index in [0.29, 0.717) is 0 Å². The average Bonchev–Trinajstić information content (AvgIpc) is 2.92. The van der Waals surface area contributed by atoms with Crippen molar-refractivity contribution in [3.63, 3.8) is 0 Å². The molecule has 0 aliphatic heterocycles. The van der Waals surface area contributed by atoms with Crippen LogP contribution in [0.3, 0.4) is 0 Å². The predicted octanol–water partition coefficient (Wildman–Crippen LogP) is 3.19. The number of hydrogen-bond acceptors (Lipinski definition) is 3. The molecule has 1 atom stereocenters. The summed E-state index contributed by atoms with van der Waals surface area (Å²) in [6.45, 7) is 5.02. The van der Waals surface area contributed by atoms with Crippen LogP contribution in [-0.4, -0.2) is 9.78 Å². The first-order valence-electron chi connectivity index (χ1n) is 6.10. The van der Waals surface area contributed by atoms with E-state index in [1.165, 1.54) is 5.56 Å². The van der Waals surface area contributed by atoms with Crippen LogP contribution in [0.5, 0.6) is 0 Å². The number of rotatable bonds is 5. The van der Waals surface area contributed by atoms with Gasteiger partial charge in [0, 0.05) is 25.4 Å². The number of furan rings is 1. The summed E-state index contributed by atoms with van der Waals surface area (Å²) in [4.78, 5) is 0. The molecule has 2 heterocycles. The van der Waals surface area contributed by atoms with Crippen molar-refractivity contribution < 1.29 is 4.42 Å². The molecule has 18 heavy (non-hydrogen) atoms. The maximum absolute atomic E-state index is 5.53. The zero-order chi connectivity index (χ0) is 13.1. The van der Waals surface area contributed by atoms with Crippen molar-refractivity contribution >= 4 is 15.9 Å². The van der Waals surface area contributed by atoms with Crippen molar-refractivity contribution in [2.24, 2.45) is 7.05 Å². The first kappa shape index (κ1) is 13.4. The van der Waals surface area contributed by atoms with Gasteiger partial charge in [0.15, 0.2) is 4.67 Å². The van der Waals surface area contributed by atoms with E-state index in [0.717, 1.165) is 29.1 Å². The molecule has 0 radical (unpaired) electrons. The number of hydrogen-bond donors (Lipinski definition) is 1. The number of nitrogens with one attached hydrogen (secondary N) is 1. The van der Waals surface area contributed by atoms with Crippen LogP contribution in [-0.2, 0) is 20.0 Å². The van der Waals surface area contributed by atoms with Crippen LogP contribution in [0.1, 0.15) is 36.9 Å².